The van der Waals surface area contributed by atoms with Gasteiger partial charge < -0.3 is 20.1 Å². The summed E-state index contributed by atoms with van der Waals surface area (Å²) in [5.74, 6) is 1.50. The normalized spacial score (nSPS) is 22.0. The number of amides is 2. The fourth-order valence-electron chi connectivity index (χ4n) is 4.94. The molecule has 2 amide bonds. The molecule has 4 rings (SSSR count). The highest BCUT2D eigenvalue weighted by Gasteiger charge is 2.44. The van der Waals surface area contributed by atoms with Crippen LogP contribution in [0.5, 0.6) is 11.5 Å². The first kappa shape index (κ1) is 24.2. The van der Waals surface area contributed by atoms with Gasteiger partial charge in [0.15, 0.2) is 0 Å². The van der Waals surface area contributed by atoms with E-state index in [1.165, 1.54) is 5.56 Å². The molecular formula is C27H35N3O4. The molecule has 0 unspecified atom stereocenters. The van der Waals surface area contributed by atoms with E-state index in [2.05, 4.69) is 29.3 Å². The van der Waals surface area contributed by atoms with Gasteiger partial charge in [-0.2, -0.15) is 0 Å². The summed E-state index contributed by atoms with van der Waals surface area (Å²) in [5.41, 5.74) is 1.22. The largest absolute Gasteiger partial charge is 0.457 e. The third-order valence-electron chi connectivity index (χ3n) is 6.82. The molecule has 2 saturated heterocycles. The van der Waals surface area contributed by atoms with Gasteiger partial charge in [-0.1, -0.05) is 43.7 Å². The quantitative estimate of drug-likeness (QED) is 0.595. The Morgan fingerprint density at radius 2 is 1.68 bits per heavy atom. The van der Waals surface area contributed by atoms with Gasteiger partial charge in [0.05, 0.1) is 6.61 Å². The number of hydrogen-bond acceptors (Lipinski definition) is 5. The van der Waals surface area contributed by atoms with Crippen molar-refractivity contribution in [2.75, 3.05) is 26.2 Å². The zero-order valence-corrected chi connectivity index (χ0v) is 19.9. The monoisotopic (exact) mass is 465 g/mol. The zero-order valence-electron chi connectivity index (χ0n) is 19.9. The van der Waals surface area contributed by atoms with Crippen molar-refractivity contribution in [1.82, 2.24) is 15.1 Å². The smallest absolute Gasteiger partial charge is 0.248 e. The van der Waals surface area contributed by atoms with E-state index in [1.54, 1.807) is 4.90 Å². The maximum atomic E-state index is 12.9. The molecule has 2 aromatic rings. The maximum absolute atomic E-state index is 12.9. The number of piperazine rings is 1. The lowest BCUT2D eigenvalue weighted by atomic mass is 9.85. The van der Waals surface area contributed by atoms with E-state index in [0.29, 0.717) is 6.54 Å². The van der Waals surface area contributed by atoms with Crippen molar-refractivity contribution < 1.29 is 19.4 Å². The maximum Gasteiger partial charge on any atom is 0.248 e. The number of carbonyl (C=O) groups is 2. The van der Waals surface area contributed by atoms with Crippen molar-refractivity contribution in [3.8, 4) is 11.5 Å². The van der Waals surface area contributed by atoms with Crippen LogP contribution < -0.4 is 10.1 Å². The van der Waals surface area contributed by atoms with E-state index in [0.717, 1.165) is 56.8 Å². The summed E-state index contributed by atoms with van der Waals surface area (Å²) >= 11 is 0. The van der Waals surface area contributed by atoms with Gasteiger partial charge in [0.25, 0.3) is 0 Å². The summed E-state index contributed by atoms with van der Waals surface area (Å²) in [7, 11) is 0. The fourth-order valence-corrected chi connectivity index (χ4v) is 4.94. The van der Waals surface area contributed by atoms with Crippen LogP contribution in [0.1, 0.15) is 38.2 Å². The number of rotatable bonds is 9. The van der Waals surface area contributed by atoms with Crippen molar-refractivity contribution in [2.24, 2.45) is 5.92 Å². The molecule has 0 spiro atoms. The molecule has 182 valence electrons. The van der Waals surface area contributed by atoms with Crippen LogP contribution in [0.3, 0.4) is 0 Å². The van der Waals surface area contributed by atoms with Gasteiger partial charge >= 0.3 is 0 Å². The lowest BCUT2D eigenvalue weighted by molar-refractivity contribution is -0.153. The van der Waals surface area contributed by atoms with E-state index < -0.39 is 12.1 Å². The molecule has 2 N–H and O–H groups in total. The summed E-state index contributed by atoms with van der Waals surface area (Å²) in [4.78, 5) is 29.8. The van der Waals surface area contributed by atoms with Gasteiger partial charge in [0.1, 0.15) is 23.6 Å². The number of aliphatic hydroxyl groups excluding tert-OH is 1. The second kappa shape index (κ2) is 11.5. The van der Waals surface area contributed by atoms with Gasteiger partial charge in [-0.05, 0) is 68.1 Å². The van der Waals surface area contributed by atoms with Crippen LogP contribution in [-0.2, 0) is 16.1 Å². The fraction of sp³-hybridized carbons (Fsp3) is 0.481. The summed E-state index contributed by atoms with van der Waals surface area (Å²) in [5, 5.41) is 12.2. The minimum absolute atomic E-state index is 0.123. The molecule has 2 aromatic carbocycles. The lowest BCUT2D eigenvalue weighted by Gasteiger charge is -2.44. The van der Waals surface area contributed by atoms with Crippen molar-refractivity contribution in [1.29, 1.82) is 0 Å². The summed E-state index contributed by atoms with van der Waals surface area (Å²) < 4.78 is 5.88. The van der Waals surface area contributed by atoms with Crippen molar-refractivity contribution in [3.63, 3.8) is 0 Å². The number of hydrogen-bond donors (Lipinski definition) is 2. The average Bonchev–Trinajstić information content (AvgIpc) is 2.86. The molecule has 0 saturated carbocycles. The predicted octanol–water partition coefficient (Wildman–Crippen LogP) is 3.18. The zero-order chi connectivity index (χ0) is 23.9. The Kier molecular flexibility index (Phi) is 8.19. The van der Waals surface area contributed by atoms with E-state index in [9.17, 15) is 14.7 Å². The molecule has 2 aliphatic rings. The highest BCUT2D eigenvalue weighted by atomic mass is 16.5. The van der Waals surface area contributed by atoms with Crippen LogP contribution >= 0.6 is 0 Å². The summed E-state index contributed by atoms with van der Waals surface area (Å²) in [6, 6.07) is 16.7. The van der Waals surface area contributed by atoms with Gasteiger partial charge in [0.2, 0.25) is 11.8 Å². The van der Waals surface area contributed by atoms with E-state index in [-0.39, 0.29) is 24.3 Å². The standard InChI is InChI=1S/C27H35N3O4/c1-2-3-15-30-25(26(32)28-24(19-31)27(30)33)21-13-16-29(17-14-21)18-20-9-11-23(12-10-20)34-22-7-5-4-6-8-22/h4-12,21,24-25,31H,2-3,13-19H2,1H3,(H,28,32)/t24-,25-/m0/s1. The molecule has 2 atom stereocenters. The SMILES string of the molecule is CCCCN1C(=O)[C@H](CO)NC(=O)[C@@H]1C1CCN(Cc2ccc(Oc3ccccc3)cc2)CC1. The number of nitrogens with one attached hydrogen (secondary N) is 1. The van der Waals surface area contributed by atoms with Gasteiger partial charge in [-0.15, -0.1) is 0 Å². The molecule has 2 heterocycles. The van der Waals surface area contributed by atoms with Crippen LogP contribution in [0, 0.1) is 5.92 Å². The Labute approximate surface area is 201 Å². The highest BCUT2D eigenvalue weighted by molar-refractivity contribution is 5.97. The van der Waals surface area contributed by atoms with Gasteiger partial charge in [-0.25, -0.2) is 0 Å². The third-order valence-corrected chi connectivity index (χ3v) is 6.82. The van der Waals surface area contributed by atoms with E-state index >= 15 is 0 Å². The molecule has 0 radical (unpaired) electrons. The Morgan fingerprint density at radius 1 is 1.00 bits per heavy atom. The number of benzene rings is 2. The predicted molar refractivity (Wildman–Crippen MR) is 130 cm³/mol. The molecule has 34 heavy (non-hydrogen) atoms. The molecule has 0 aromatic heterocycles. The topological polar surface area (TPSA) is 82.1 Å². The number of nitrogens with zero attached hydrogens (tertiary/aromatic N) is 2. The highest BCUT2D eigenvalue weighted by Crippen LogP contribution is 2.29. The van der Waals surface area contributed by atoms with Crippen LogP contribution in [0.15, 0.2) is 54.6 Å². The Bertz CT molecular complexity index is 942. The summed E-state index contributed by atoms with van der Waals surface area (Å²) in [6.45, 7) is 4.91. The van der Waals surface area contributed by atoms with Gasteiger partial charge in [0, 0.05) is 13.1 Å². The van der Waals surface area contributed by atoms with Crippen molar-refractivity contribution >= 4 is 11.8 Å². The van der Waals surface area contributed by atoms with Crippen LogP contribution in [0.2, 0.25) is 0 Å². The Hall–Kier alpha value is -2.90. The third kappa shape index (κ3) is 5.77. The first-order chi connectivity index (χ1) is 16.6. The number of unbranched alkanes of at least 4 members (excludes halogenated alkanes) is 1. The number of para-hydroxylation sites is 1. The second-order valence-electron chi connectivity index (χ2n) is 9.25. The number of ether oxygens (including phenoxy) is 1. The second-order valence-corrected chi connectivity index (χ2v) is 9.25. The first-order valence-electron chi connectivity index (χ1n) is 12.3. The average molecular weight is 466 g/mol. The van der Waals surface area contributed by atoms with E-state index in [4.69, 9.17) is 4.74 Å². The minimum Gasteiger partial charge on any atom is -0.457 e. The number of piperidine rings is 1. The van der Waals surface area contributed by atoms with Crippen LogP contribution in [0.4, 0.5) is 0 Å². The molecule has 7 nitrogen and oxygen atoms in total. The molecule has 0 aliphatic carbocycles. The molecule has 0 bridgehead atoms. The van der Waals surface area contributed by atoms with Crippen molar-refractivity contribution in [3.05, 3.63) is 60.2 Å². The lowest BCUT2D eigenvalue weighted by Crippen LogP contribution is -2.66. The molecule has 2 aliphatic heterocycles. The summed E-state index contributed by atoms with van der Waals surface area (Å²) in [6.07, 6.45) is 3.55. The Balaban J connectivity index is 1.32. The first-order valence-corrected chi connectivity index (χ1v) is 12.3. The molecule has 2 fully saturated rings. The van der Waals surface area contributed by atoms with Crippen LogP contribution in [0.25, 0.3) is 0 Å². The molecular weight excluding hydrogens is 430 g/mol. The number of carbonyl (C=O) groups excluding carboxylic acids is 2. The Morgan fingerprint density at radius 3 is 2.32 bits per heavy atom. The molecule has 7 heteroatoms. The van der Waals surface area contributed by atoms with Crippen molar-refractivity contribution in [2.45, 2.75) is 51.2 Å². The number of aliphatic hydroxyl groups is 1. The minimum atomic E-state index is -0.811. The van der Waals surface area contributed by atoms with Gasteiger partial charge in [-0.3, -0.25) is 14.5 Å². The van der Waals surface area contributed by atoms with Crippen LogP contribution in [-0.4, -0.2) is 65.0 Å². The number of likely N-dealkylation sites (tertiary alicyclic amines) is 1. The van der Waals surface area contributed by atoms with E-state index in [1.807, 2.05) is 42.5 Å².